The average Bonchev–Trinajstić information content (AvgIpc) is 2.23. The van der Waals surface area contributed by atoms with Crippen LogP contribution >= 0.6 is 0 Å². The zero-order chi connectivity index (χ0) is 12.1. The molecule has 86 valence electrons. The molecule has 0 aliphatic rings. The van der Waals surface area contributed by atoms with Crippen molar-refractivity contribution in [2.24, 2.45) is 0 Å². The number of rotatable bonds is 3. The Balaban J connectivity index is 2.63. The van der Waals surface area contributed by atoms with Crippen molar-refractivity contribution in [1.29, 1.82) is 0 Å². The molecule has 0 amide bonds. The van der Waals surface area contributed by atoms with Gasteiger partial charge in [0, 0.05) is 6.07 Å². The van der Waals surface area contributed by atoms with Crippen LogP contribution in [0.3, 0.4) is 0 Å². The number of carbonyl (C=O) groups excluding carboxylic acids is 2. The number of phenols is 2. The summed E-state index contributed by atoms with van der Waals surface area (Å²) in [5.74, 6) is -2.23. The van der Waals surface area contributed by atoms with Gasteiger partial charge in [0.1, 0.15) is 12.2 Å². The highest BCUT2D eigenvalue weighted by Gasteiger charge is 2.12. The van der Waals surface area contributed by atoms with Gasteiger partial charge in [-0.2, -0.15) is 0 Å². The molecule has 0 spiro atoms. The van der Waals surface area contributed by atoms with Gasteiger partial charge in [-0.15, -0.1) is 0 Å². The second-order valence-electron chi connectivity index (χ2n) is 2.88. The molecule has 0 heterocycles. The van der Waals surface area contributed by atoms with Crippen LogP contribution in [0.1, 0.15) is 6.42 Å². The Bertz CT molecular complexity index is 412. The molecule has 1 aromatic rings. The van der Waals surface area contributed by atoms with E-state index in [2.05, 4.69) is 4.74 Å². The minimum Gasteiger partial charge on any atom is -0.504 e. The van der Waals surface area contributed by atoms with Crippen molar-refractivity contribution in [2.75, 3.05) is 7.11 Å². The first-order valence-corrected chi connectivity index (χ1v) is 4.32. The number of carbonyl (C=O) groups is 2. The maximum Gasteiger partial charge on any atom is 0.322 e. The van der Waals surface area contributed by atoms with Gasteiger partial charge < -0.3 is 19.7 Å². The summed E-state index contributed by atoms with van der Waals surface area (Å²) in [6.45, 7) is 0. The molecule has 0 saturated carbocycles. The fourth-order valence-electron chi connectivity index (χ4n) is 0.924. The number of esters is 2. The summed E-state index contributed by atoms with van der Waals surface area (Å²) >= 11 is 0. The quantitative estimate of drug-likeness (QED) is 0.338. The van der Waals surface area contributed by atoms with Crippen LogP contribution in [0.5, 0.6) is 17.2 Å². The van der Waals surface area contributed by atoms with E-state index in [1.807, 2.05) is 0 Å². The minimum absolute atomic E-state index is 0.0317. The molecule has 0 aliphatic heterocycles. The second-order valence-corrected chi connectivity index (χ2v) is 2.88. The molecule has 0 bridgehead atoms. The number of methoxy groups -OCH3 is 1. The van der Waals surface area contributed by atoms with Crippen molar-refractivity contribution in [1.82, 2.24) is 0 Å². The van der Waals surface area contributed by atoms with Gasteiger partial charge in [-0.3, -0.25) is 9.59 Å². The van der Waals surface area contributed by atoms with Gasteiger partial charge in [0.15, 0.2) is 11.5 Å². The molecule has 0 saturated heterocycles. The van der Waals surface area contributed by atoms with E-state index in [0.717, 1.165) is 19.2 Å². The lowest BCUT2D eigenvalue weighted by atomic mass is 10.3. The first-order valence-electron chi connectivity index (χ1n) is 4.32. The monoisotopic (exact) mass is 226 g/mol. The molecule has 0 atom stereocenters. The lowest BCUT2D eigenvalue weighted by Gasteiger charge is -2.04. The van der Waals surface area contributed by atoms with E-state index in [4.69, 9.17) is 14.9 Å². The van der Waals surface area contributed by atoms with Crippen molar-refractivity contribution < 1.29 is 29.3 Å². The number of hydrogen-bond donors (Lipinski definition) is 2. The van der Waals surface area contributed by atoms with E-state index in [1.165, 1.54) is 6.07 Å². The van der Waals surface area contributed by atoms with E-state index in [1.54, 1.807) is 0 Å². The van der Waals surface area contributed by atoms with Crippen molar-refractivity contribution in [3.8, 4) is 17.2 Å². The zero-order valence-corrected chi connectivity index (χ0v) is 8.47. The maximum absolute atomic E-state index is 11.1. The van der Waals surface area contributed by atoms with Crippen molar-refractivity contribution in [2.45, 2.75) is 6.42 Å². The van der Waals surface area contributed by atoms with Gasteiger partial charge in [-0.25, -0.2) is 0 Å². The third-order valence-corrected chi connectivity index (χ3v) is 1.69. The third-order valence-electron chi connectivity index (χ3n) is 1.69. The Morgan fingerprint density at radius 1 is 1.19 bits per heavy atom. The Hall–Kier alpha value is -2.24. The summed E-state index contributed by atoms with van der Waals surface area (Å²) in [5, 5.41) is 18.1. The van der Waals surface area contributed by atoms with Gasteiger partial charge in [0.05, 0.1) is 7.11 Å². The highest BCUT2D eigenvalue weighted by atomic mass is 16.5. The SMILES string of the molecule is COC(=O)CC(=O)Oc1ccc(O)c(O)c1. The predicted octanol–water partition coefficient (Wildman–Crippen LogP) is 0.566. The number of aromatic hydroxyl groups is 2. The molecule has 0 aliphatic carbocycles. The predicted molar refractivity (Wildman–Crippen MR) is 52.0 cm³/mol. The minimum atomic E-state index is -0.808. The first kappa shape index (κ1) is 11.8. The first-order chi connectivity index (χ1) is 7.52. The summed E-state index contributed by atoms with van der Waals surface area (Å²) in [6, 6.07) is 3.50. The normalized spacial score (nSPS) is 9.56. The molecule has 0 aromatic heterocycles. The Kier molecular flexibility index (Phi) is 3.71. The van der Waals surface area contributed by atoms with Gasteiger partial charge in [-0.05, 0) is 12.1 Å². The van der Waals surface area contributed by atoms with Crippen LogP contribution in [0.15, 0.2) is 18.2 Å². The Morgan fingerprint density at radius 2 is 1.88 bits per heavy atom. The Labute approximate surface area is 91.0 Å². The van der Waals surface area contributed by atoms with E-state index >= 15 is 0 Å². The Morgan fingerprint density at radius 3 is 2.44 bits per heavy atom. The summed E-state index contributed by atoms with van der Waals surface area (Å²) in [5.41, 5.74) is 0. The maximum atomic E-state index is 11.1. The number of ether oxygens (including phenoxy) is 2. The van der Waals surface area contributed by atoms with Crippen molar-refractivity contribution in [3.05, 3.63) is 18.2 Å². The summed E-state index contributed by atoms with van der Waals surface area (Å²) in [7, 11) is 1.15. The van der Waals surface area contributed by atoms with E-state index in [-0.39, 0.29) is 11.5 Å². The summed E-state index contributed by atoms with van der Waals surface area (Å²) in [4.78, 5) is 21.8. The highest BCUT2D eigenvalue weighted by molar-refractivity contribution is 5.92. The molecule has 6 heteroatoms. The number of benzene rings is 1. The van der Waals surface area contributed by atoms with Crippen LogP contribution in [0, 0.1) is 0 Å². The highest BCUT2D eigenvalue weighted by Crippen LogP contribution is 2.28. The van der Waals surface area contributed by atoms with Crippen LogP contribution in [0.4, 0.5) is 0 Å². The molecule has 1 aromatic carbocycles. The molecule has 2 N–H and O–H groups in total. The van der Waals surface area contributed by atoms with E-state index in [9.17, 15) is 9.59 Å². The van der Waals surface area contributed by atoms with Gasteiger partial charge in [-0.1, -0.05) is 0 Å². The topological polar surface area (TPSA) is 93.1 Å². The molecular weight excluding hydrogens is 216 g/mol. The van der Waals surface area contributed by atoms with Crippen molar-refractivity contribution >= 4 is 11.9 Å². The van der Waals surface area contributed by atoms with Crippen LogP contribution in [-0.4, -0.2) is 29.3 Å². The van der Waals surface area contributed by atoms with E-state index < -0.39 is 24.1 Å². The fraction of sp³-hybridized carbons (Fsp3) is 0.200. The average molecular weight is 226 g/mol. The largest absolute Gasteiger partial charge is 0.504 e. The number of hydrogen-bond acceptors (Lipinski definition) is 6. The van der Waals surface area contributed by atoms with Crippen molar-refractivity contribution in [3.63, 3.8) is 0 Å². The van der Waals surface area contributed by atoms with Crippen LogP contribution in [0.2, 0.25) is 0 Å². The zero-order valence-electron chi connectivity index (χ0n) is 8.47. The van der Waals surface area contributed by atoms with Gasteiger partial charge in [0.2, 0.25) is 0 Å². The lowest BCUT2D eigenvalue weighted by Crippen LogP contribution is -2.14. The second kappa shape index (κ2) is 5.01. The smallest absolute Gasteiger partial charge is 0.322 e. The summed E-state index contributed by atoms with van der Waals surface area (Å²) < 4.78 is 8.98. The molecular formula is C10H10O6. The molecule has 0 unspecified atom stereocenters. The summed E-state index contributed by atoms with van der Waals surface area (Å²) in [6.07, 6.45) is -0.516. The molecule has 6 nitrogen and oxygen atoms in total. The standard InChI is InChI=1S/C10H10O6/c1-15-9(13)5-10(14)16-6-2-3-7(11)8(12)4-6/h2-4,11-12H,5H2,1H3. The molecule has 0 fully saturated rings. The number of phenolic OH excluding ortho intramolecular Hbond substituents is 2. The van der Waals surface area contributed by atoms with Crippen LogP contribution < -0.4 is 4.74 Å². The fourth-order valence-corrected chi connectivity index (χ4v) is 0.924. The van der Waals surface area contributed by atoms with Crippen LogP contribution in [0.25, 0.3) is 0 Å². The van der Waals surface area contributed by atoms with Gasteiger partial charge >= 0.3 is 11.9 Å². The molecule has 16 heavy (non-hydrogen) atoms. The lowest BCUT2D eigenvalue weighted by molar-refractivity contribution is -0.148. The molecule has 1 rings (SSSR count). The third kappa shape index (κ3) is 3.16. The van der Waals surface area contributed by atoms with E-state index in [0.29, 0.717) is 0 Å². The van der Waals surface area contributed by atoms with Gasteiger partial charge in [0.25, 0.3) is 0 Å². The molecule has 0 radical (unpaired) electrons. The van der Waals surface area contributed by atoms with Crippen LogP contribution in [-0.2, 0) is 14.3 Å².